The minimum absolute atomic E-state index is 0.610. The van der Waals surface area contributed by atoms with Crippen LogP contribution >= 0.6 is 0 Å². The maximum Gasteiger partial charge on any atom is 0.202 e. The Labute approximate surface area is 72.1 Å². The summed E-state index contributed by atoms with van der Waals surface area (Å²) in [6.45, 7) is 1.79. The molecule has 0 bridgehead atoms. The van der Waals surface area contributed by atoms with E-state index in [1.807, 2.05) is 30.3 Å². The van der Waals surface area contributed by atoms with Gasteiger partial charge in [0, 0.05) is 6.92 Å². The quantitative estimate of drug-likeness (QED) is 0.412. The topological polar surface area (TPSA) is 33.6 Å². The van der Waals surface area contributed by atoms with Gasteiger partial charge in [-0.2, -0.15) is 0 Å². The number of nitrogens with zero attached hydrogens (tertiary/aromatic N) is 1. The fourth-order valence-electron chi connectivity index (χ4n) is 0.702. The van der Waals surface area contributed by atoms with Crippen molar-refractivity contribution in [3.05, 3.63) is 30.3 Å². The third kappa shape index (κ3) is 2.62. The minimum Gasteiger partial charge on any atom is -0.483 e. The molecule has 1 N–H and O–H groups in total. The molecule has 3 nitrogen and oxygen atoms in total. The highest BCUT2D eigenvalue weighted by Crippen LogP contribution is 2.04. The highest BCUT2D eigenvalue weighted by Gasteiger charge is 1.87. The molecule has 0 unspecified atom stereocenters. The van der Waals surface area contributed by atoms with Crippen molar-refractivity contribution in [1.29, 1.82) is 0 Å². The molecule has 0 aliphatic rings. The van der Waals surface area contributed by atoms with Crippen LogP contribution in [0, 0.1) is 0 Å². The molecule has 0 saturated heterocycles. The van der Waals surface area contributed by atoms with Gasteiger partial charge in [-0.3, -0.25) is 5.43 Å². The Morgan fingerprint density at radius 2 is 2.00 bits per heavy atom. The zero-order valence-electron chi connectivity index (χ0n) is 7.24. The van der Waals surface area contributed by atoms with Crippen molar-refractivity contribution < 1.29 is 4.74 Å². The van der Waals surface area contributed by atoms with Crippen LogP contribution in [0.1, 0.15) is 6.92 Å². The Kier molecular flexibility index (Phi) is 3.14. The summed E-state index contributed by atoms with van der Waals surface area (Å²) in [4.78, 5) is 0. The van der Waals surface area contributed by atoms with Gasteiger partial charge in [-0.25, -0.2) is 0 Å². The number of nitrogens with one attached hydrogen (secondary N) is 1. The van der Waals surface area contributed by atoms with Gasteiger partial charge in [-0.05, 0) is 12.1 Å². The van der Waals surface area contributed by atoms with E-state index in [0.29, 0.717) is 5.90 Å². The predicted molar refractivity (Wildman–Crippen MR) is 50.2 cm³/mol. The van der Waals surface area contributed by atoms with Crippen LogP contribution in [0.3, 0.4) is 0 Å². The maximum absolute atomic E-state index is 4.86. The molecule has 0 heterocycles. The van der Waals surface area contributed by atoms with Gasteiger partial charge in [-0.15, -0.1) is 5.10 Å². The van der Waals surface area contributed by atoms with E-state index >= 15 is 0 Å². The van der Waals surface area contributed by atoms with E-state index in [1.165, 1.54) is 0 Å². The molecule has 0 aliphatic carbocycles. The molecule has 0 radical (unpaired) electrons. The second-order valence-electron chi connectivity index (χ2n) is 2.31. The zero-order valence-corrected chi connectivity index (χ0v) is 7.24. The lowest BCUT2D eigenvalue weighted by Gasteiger charge is -2.00. The molecule has 0 aromatic heterocycles. The Morgan fingerprint density at radius 1 is 1.33 bits per heavy atom. The van der Waals surface area contributed by atoms with Crippen LogP contribution in [-0.4, -0.2) is 13.0 Å². The Hall–Kier alpha value is -1.51. The smallest absolute Gasteiger partial charge is 0.202 e. The monoisotopic (exact) mass is 164 g/mol. The number of para-hydroxylation sites is 1. The van der Waals surface area contributed by atoms with Gasteiger partial charge >= 0.3 is 0 Å². The van der Waals surface area contributed by atoms with Crippen molar-refractivity contribution in [3.63, 3.8) is 0 Å². The molecule has 0 amide bonds. The standard InChI is InChI=1S/C9H12N2O/c1-8(12-2)10-11-9-6-4-3-5-7-9/h3-7,11H,1-2H3/b10-8-. The summed E-state index contributed by atoms with van der Waals surface area (Å²) in [5.41, 5.74) is 3.81. The summed E-state index contributed by atoms with van der Waals surface area (Å²) in [5.74, 6) is 0.610. The van der Waals surface area contributed by atoms with Gasteiger partial charge in [0.15, 0.2) is 0 Å². The molecule has 0 spiro atoms. The van der Waals surface area contributed by atoms with Crippen molar-refractivity contribution >= 4 is 11.6 Å². The van der Waals surface area contributed by atoms with Crippen molar-refractivity contribution in [3.8, 4) is 0 Å². The molecule has 0 saturated carbocycles. The number of hydrazone groups is 1. The number of hydrogen-bond donors (Lipinski definition) is 1. The van der Waals surface area contributed by atoms with E-state index in [4.69, 9.17) is 4.74 Å². The number of hydrogen-bond acceptors (Lipinski definition) is 3. The molecular weight excluding hydrogens is 152 g/mol. The van der Waals surface area contributed by atoms with Crippen LogP contribution in [0.5, 0.6) is 0 Å². The predicted octanol–water partition coefficient (Wildman–Crippen LogP) is 2.08. The third-order valence-corrected chi connectivity index (χ3v) is 1.41. The maximum atomic E-state index is 4.86. The van der Waals surface area contributed by atoms with E-state index in [1.54, 1.807) is 14.0 Å². The fraction of sp³-hybridized carbons (Fsp3) is 0.222. The Morgan fingerprint density at radius 3 is 2.58 bits per heavy atom. The highest BCUT2D eigenvalue weighted by atomic mass is 16.5. The van der Waals surface area contributed by atoms with Gasteiger partial charge in [0.2, 0.25) is 5.90 Å². The number of methoxy groups -OCH3 is 1. The first-order valence-electron chi connectivity index (χ1n) is 3.72. The molecule has 3 heteroatoms. The average Bonchev–Trinajstić information content (AvgIpc) is 2.16. The van der Waals surface area contributed by atoms with Crippen LogP contribution in [0.4, 0.5) is 5.69 Å². The van der Waals surface area contributed by atoms with E-state index in [2.05, 4.69) is 10.5 Å². The molecule has 12 heavy (non-hydrogen) atoms. The number of ether oxygens (including phenoxy) is 1. The Bertz CT molecular complexity index is 256. The van der Waals surface area contributed by atoms with E-state index in [9.17, 15) is 0 Å². The largest absolute Gasteiger partial charge is 0.483 e. The fourth-order valence-corrected chi connectivity index (χ4v) is 0.702. The van der Waals surface area contributed by atoms with Gasteiger partial charge < -0.3 is 4.74 Å². The Balaban J connectivity index is 2.54. The molecule has 1 aromatic carbocycles. The first-order chi connectivity index (χ1) is 5.83. The summed E-state index contributed by atoms with van der Waals surface area (Å²) in [6, 6.07) is 9.72. The van der Waals surface area contributed by atoms with Crippen LogP contribution < -0.4 is 5.43 Å². The van der Waals surface area contributed by atoms with Crippen LogP contribution in [-0.2, 0) is 4.74 Å². The van der Waals surface area contributed by atoms with Gasteiger partial charge in [0.1, 0.15) is 0 Å². The minimum atomic E-state index is 0.610. The SMILES string of the molecule is CO/C(C)=N\Nc1ccccc1. The van der Waals surface area contributed by atoms with Gasteiger partial charge in [0.05, 0.1) is 12.8 Å². The lowest BCUT2D eigenvalue weighted by atomic mass is 10.3. The van der Waals surface area contributed by atoms with Crippen molar-refractivity contribution in [2.45, 2.75) is 6.92 Å². The summed E-state index contributed by atoms with van der Waals surface area (Å²) >= 11 is 0. The van der Waals surface area contributed by atoms with E-state index in [0.717, 1.165) is 5.69 Å². The second kappa shape index (κ2) is 4.38. The number of anilines is 1. The highest BCUT2D eigenvalue weighted by molar-refractivity contribution is 5.73. The van der Waals surface area contributed by atoms with Gasteiger partial charge in [-0.1, -0.05) is 18.2 Å². The lowest BCUT2D eigenvalue weighted by molar-refractivity contribution is 0.399. The van der Waals surface area contributed by atoms with Crippen LogP contribution in [0.2, 0.25) is 0 Å². The normalized spacial score (nSPS) is 11.0. The van der Waals surface area contributed by atoms with Crippen LogP contribution in [0.15, 0.2) is 35.4 Å². The summed E-state index contributed by atoms with van der Waals surface area (Å²) < 4.78 is 4.86. The van der Waals surface area contributed by atoms with Crippen molar-refractivity contribution in [2.24, 2.45) is 5.10 Å². The summed E-state index contributed by atoms with van der Waals surface area (Å²) in [7, 11) is 1.59. The average molecular weight is 164 g/mol. The molecule has 0 fully saturated rings. The second-order valence-corrected chi connectivity index (χ2v) is 2.31. The molecule has 0 aliphatic heterocycles. The first-order valence-corrected chi connectivity index (χ1v) is 3.72. The van der Waals surface area contributed by atoms with E-state index in [-0.39, 0.29) is 0 Å². The third-order valence-electron chi connectivity index (χ3n) is 1.41. The zero-order chi connectivity index (χ0) is 8.81. The number of benzene rings is 1. The van der Waals surface area contributed by atoms with Crippen LogP contribution in [0.25, 0.3) is 0 Å². The van der Waals surface area contributed by atoms with E-state index < -0.39 is 0 Å². The molecule has 1 aromatic rings. The lowest BCUT2D eigenvalue weighted by Crippen LogP contribution is -1.98. The first kappa shape index (κ1) is 8.59. The molecule has 1 rings (SSSR count). The van der Waals surface area contributed by atoms with Crippen molar-refractivity contribution in [1.82, 2.24) is 0 Å². The number of rotatable bonds is 2. The summed E-state index contributed by atoms with van der Waals surface area (Å²) in [5, 5.41) is 3.96. The van der Waals surface area contributed by atoms with Gasteiger partial charge in [0.25, 0.3) is 0 Å². The molecule has 0 atom stereocenters. The van der Waals surface area contributed by atoms with Crippen molar-refractivity contribution in [2.75, 3.05) is 12.5 Å². The summed E-state index contributed by atoms with van der Waals surface area (Å²) in [6.07, 6.45) is 0. The molecular formula is C9H12N2O. The molecule has 64 valence electrons.